The Hall–Kier alpha value is -0.910. The van der Waals surface area contributed by atoms with E-state index in [0.717, 1.165) is 16.6 Å². The molecule has 0 radical (unpaired) electrons. The molecule has 90 valence electrons. The molecule has 1 fully saturated rings. The summed E-state index contributed by atoms with van der Waals surface area (Å²) in [5, 5.41) is 3.26. The first-order valence-corrected chi connectivity index (χ1v) is 7.50. The first-order chi connectivity index (χ1) is 8.36. The molecule has 0 spiro atoms. The molecule has 3 nitrogen and oxygen atoms in total. The molecule has 0 unspecified atom stereocenters. The smallest absolute Gasteiger partial charge is 0.186 e. The summed E-state index contributed by atoms with van der Waals surface area (Å²) in [4.78, 5) is 9.49. The van der Waals surface area contributed by atoms with Gasteiger partial charge in [0.1, 0.15) is 0 Å². The lowest BCUT2D eigenvalue weighted by Gasteiger charge is -2.20. The van der Waals surface area contributed by atoms with Crippen LogP contribution in [-0.4, -0.2) is 11.0 Å². The molecule has 5 heteroatoms. The zero-order valence-corrected chi connectivity index (χ0v) is 11.1. The summed E-state index contributed by atoms with van der Waals surface area (Å²) in [6, 6.07) is 4.99. The quantitative estimate of drug-likeness (QED) is 0.904. The van der Waals surface area contributed by atoms with E-state index < -0.39 is 0 Å². The van der Waals surface area contributed by atoms with Gasteiger partial charge in [-0.1, -0.05) is 6.07 Å². The van der Waals surface area contributed by atoms with Gasteiger partial charge in [0.15, 0.2) is 5.13 Å². The SMILES string of the molecule is NCc1cnc(N(Cc2cccs2)C2CC2)s1. The minimum Gasteiger partial charge on any atom is -0.340 e. The first kappa shape index (κ1) is 11.2. The van der Waals surface area contributed by atoms with E-state index in [2.05, 4.69) is 27.4 Å². The molecule has 2 N–H and O–H groups in total. The molecule has 1 aliphatic rings. The van der Waals surface area contributed by atoms with Crippen LogP contribution in [0.15, 0.2) is 23.7 Å². The van der Waals surface area contributed by atoms with Crippen molar-refractivity contribution in [1.29, 1.82) is 0 Å². The van der Waals surface area contributed by atoms with E-state index in [4.69, 9.17) is 5.73 Å². The zero-order valence-electron chi connectivity index (χ0n) is 9.50. The van der Waals surface area contributed by atoms with Crippen molar-refractivity contribution in [2.75, 3.05) is 4.90 Å². The highest BCUT2D eigenvalue weighted by atomic mass is 32.1. The second-order valence-electron chi connectivity index (χ2n) is 4.25. The van der Waals surface area contributed by atoms with E-state index in [1.54, 1.807) is 11.3 Å². The number of nitrogens with zero attached hydrogens (tertiary/aromatic N) is 2. The average Bonchev–Trinajstić information content (AvgIpc) is 2.88. The van der Waals surface area contributed by atoms with E-state index in [-0.39, 0.29) is 0 Å². The molecule has 1 saturated carbocycles. The van der Waals surface area contributed by atoms with Crippen molar-refractivity contribution in [2.24, 2.45) is 5.73 Å². The standard InChI is InChI=1S/C12H15N3S2/c13-6-11-7-14-12(17-11)15(9-3-4-9)8-10-2-1-5-16-10/h1-2,5,7,9H,3-4,6,8,13H2. The molecular weight excluding hydrogens is 250 g/mol. The predicted octanol–water partition coefficient (Wildman–Crippen LogP) is 2.83. The summed E-state index contributed by atoms with van der Waals surface area (Å²) in [5.74, 6) is 0. The predicted molar refractivity (Wildman–Crippen MR) is 73.5 cm³/mol. The Morgan fingerprint density at radius 2 is 2.29 bits per heavy atom. The number of hydrogen-bond donors (Lipinski definition) is 1. The van der Waals surface area contributed by atoms with Crippen LogP contribution in [0.2, 0.25) is 0 Å². The van der Waals surface area contributed by atoms with Gasteiger partial charge in [-0.3, -0.25) is 0 Å². The minimum atomic E-state index is 0.592. The van der Waals surface area contributed by atoms with E-state index in [9.17, 15) is 0 Å². The first-order valence-electron chi connectivity index (χ1n) is 5.80. The molecule has 2 aromatic rings. The van der Waals surface area contributed by atoms with Crippen LogP contribution in [0.1, 0.15) is 22.6 Å². The van der Waals surface area contributed by atoms with Crippen LogP contribution >= 0.6 is 22.7 Å². The van der Waals surface area contributed by atoms with Gasteiger partial charge in [-0.05, 0) is 24.3 Å². The zero-order chi connectivity index (χ0) is 11.7. The maximum atomic E-state index is 5.65. The van der Waals surface area contributed by atoms with Crippen molar-refractivity contribution >= 4 is 27.8 Å². The lowest BCUT2D eigenvalue weighted by molar-refractivity contribution is 0.798. The minimum absolute atomic E-state index is 0.592. The highest BCUT2D eigenvalue weighted by Crippen LogP contribution is 2.35. The Morgan fingerprint density at radius 3 is 2.88 bits per heavy atom. The normalized spacial score (nSPS) is 15.1. The Balaban J connectivity index is 1.79. The second-order valence-corrected chi connectivity index (χ2v) is 6.38. The summed E-state index contributed by atoms with van der Waals surface area (Å²) < 4.78 is 0. The largest absolute Gasteiger partial charge is 0.340 e. The Kier molecular flexibility index (Phi) is 3.13. The summed E-state index contributed by atoms with van der Waals surface area (Å²) in [6.45, 7) is 1.58. The van der Waals surface area contributed by atoms with Gasteiger partial charge in [-0.25, -0.2) is 4.98 Å². The number of rotatable bonds is 5. The fourth-order valence-corrected chi connectivity index (χ4v) is 3.40. The van der Waals surface area contributed by atoms with E-state index in [1.165, 1.54) is 17.7 Å². The van der Waals surface area contributed by atoms with E-state index in [1.807, 2.05) is 17.5 Å². The molecule has 0 saturated heterocycles. The highest BCUT2D eigenvalue weighted by Gasteiger charge is 2.31. The number of hydrogen-bond acceptors (Lipinski definition) is 5. The fourth-order valence-electron chi connectivity index (χ4n) is 1.83. The summed E-state index contributed by atoms with van der Waals surface area (Å²) >= 11 is 3.54. The molecule has 2 aromatic heterocycles. The number of anilines is 1. The van der Waals surface area contributed by atoms with Crippen LogP contribution in [-0.2, 0) is 13.1 Å². The molecule has 17 heavy (non-hydrogen) atoms. The van der Waals surface area contributed by atoms with Crippen LogP contribution in [0.3, 0.4) is 0 Å². The van der Waals surface area contributed by atoms with Crippen molar-refractivity contribution in [3.63, 3.8) is 0 Å². The van der Waals surface area contributed by atoms with Gasteiger partial charge in [0.25, 0.3) is 0 Å². The van der Waals surface area contributed by atoms with Gasteiger partial charge < -0.3 is 10.6 Å². The van der Waals surface area contributed by atoms with Crippen LogP contribution in [0.5, 0.6) is 0 Å². The Labute approximate surface area is 109 Å². The number of thiazole rings is 1. The summed E-state index contributed by atoms with van der Waals surface area (Å²) in [7, 11) is 0. The topological polar surface area (TPSA) is 42.1 Å². The Bertz CT molecular complexity index is 474. The van der Waals surface area contributed by atoms with Crippen LogP contribution < -0.4 is 10.6 Å². The highest BCUT2D eigenvalue weighted by molar-refractivity contribution is 7.15. The van der Waals surface area contributed by atoms with Crippen LogP contribution in [0, 0.1) is 0 Å². The molecule has 3 rings (SSSR count). The Morgan fingerprint density at radius 1 is 1.41 bits per heavy atom. The maximum absolute atomic E-state index is 5.65. The molecule has 2 heterocycles. The number of thiophene rings is 1. The third-order valence-corrected chi connectivity index (χ3v) is 4.80. The maximum Gasteiger partial charge on any atom is 0.186 e. The van der Waals surface area contributed by atoms with Crippen molar-refractivity contribution < 1.29 is 0 Å². The van der Waals surface area contributed by atoms with Crippen molar-refractivity contribution in [2.45, 2.75) is 32.0 Å². The lowest BCUT2D eigenvalue weighted by Crippen LogP contribution is -2.24. The van der Waals surface area contributed by atoms with Crippen molar-refractivity contribution in [1.82, 2.24) is 4.98 Å². The molecule has 0 aliphatic heterocycles. The van der Waals surface area contributed by atoms with Crippen LogP contribution in [0.4, 0.5) is 5.13 Å². The van der Waals surface area contributed by atoms with Gasteiger partial charge in [0.05, 0.1) is 6.54 Å². The lowest BCUT2D eigenvalue weighted by atomic mass is 10.4. The number of nitrogens with two attached hydrogens (primary N) is 1. The monoisotopic (exact) mass is 265 g/mol. The second kappa shape index (κ2) is 4.76. The molecule has 0 amide bonds. The number of aromatic nitrogens is 1. The van der Waals surface area contributed by atoms with Gasteiger partial charge in [0.2, 0.25) is 0 Å². The molecule has 1 aliphatic carbocycles. The van der Waals surface area contributed by atoms with Gasteiger partial charge >= 0.3 is 0 Å². The van der Waals surface area contributed by atoms with Gasteiger partial charge in [0, 0.05) is 28.5 Å². The summed E-state index contributed by atoms with van der Waals surface area (Å²) in [5.41, 5.74) is 5.65. The molecule has 0 atom stereocenters. The third-order valence-electron chi connectivity index (χ3n) is 2.88. The average molecular weight is 265 g/mol. The van der Waals surface area contributed by atoms with Crippen molar-refractivity contribution in [3.8, 4) is 0 Å². The van der Waals surface area contributed by atoms with Crippen LogP contribution in [0.25, 0.3) is 0 Å². The van der Waals surface area contributed by atoms with Gasteiger partial charge in [-0.15, -0.1) is 22.7 Å². The van der Waals surface area contributed by atoms with E-state index >= 15 is 0 Å². The molecule has 0 bridgehead atoms. The third kappa shape index (κ3) is 2.51. The van der Waals surface area contributed by atoms with E-state index in [0.29, 0.717) is 12.6 Å². The molecular formula is C12H15N3S2. The molecule has 0 aromatic carbocycles. The van der Waals surface area contributed by atoms with Gasteiger partial charge in [-0.2, -0.15) is 0 Å². The summed E-state index contributed by atoms with van der Waals surface area (Å²) in [6.07, 6.45) is 4.50. The van der Waals surface area contributed by atoms with Crippen molar-refractivity contribution in [3.05, 3.63) is 33.5 Å². The fraction of sp³-hybridized carbons (Fsp3) is 0.417.